The molecule has 7 atom stereocenters. The van der Waals surface area contributed by atoms with Crippen LogP contribution in [0.15, 0.2) is 12.7 Å². The van der Waals surface area contributed by atoms with Crippen LogP contribution in [0.2, 0.25) is 19.6 Å². The van der Waals surface area contributed by atoms with E-state index in [9.17, 15) is 10.2 Å². The van der Waals surface area contributed by atoms with Crippen LogP contribution in [0.1, 0.15) is 34.1 Å². The maximum absolute atomic E-state index is 11.6. The van der Waals surface area contributed by atoms with Gasteiger partial charge in [0, 0.05) is 11.8 Å². The highest BCUT2D eigenvalue weighted by atomic mass is 28.3. The molecule has 2 fully saturated rings. The molecule has 2 saturated carbocycles. The van der Waals surface area contributed by atoms with Gasteiger partial charge in [0.15, 0.2) is 0 Å². The van der Waals surface area contributed by atoms with E-state index in [1.54, 1.807) is 6.08 Å². The Hall–Kier alpha value is -0.563. The molecule has 0 aromatic rings. The Morgan fingerprint density at radius 2 is 1.87 bits per heavy atom. The maximum atomic E-state index is 11.6. The second-order valence-electron chi connectivity index (χ2n) is 9.53. The molecule has 2 aliphatic rings. The van der Waals surface area contributed by atoms with Crippen LogP contribution in [0.5, 0.6) is 0 Å². The monoisotopic (exact) mass is 334 g/mol. The minimum Gasteiger partial charge on any atom is -0.392 e. The average molecular weight is 335 g/mol. The molecule has 0 aromatic carbocycles. The van der Waals surface area contributed by atoms with Crippen LogP contribution in [0.3, 0.4) is 0 Å². The smallest absolute Gasteiger partial charge is 0.133 e. The van der Waals surface area contributed by atoms with Crippen molar-refractivity contribution in [3.05, 3.63) is 12.7 Å². The Kier molecular flexibility index (Phi) is 4.70. The van der Waals surface area contributed by atoms with Gasteiger partial charge in [0.05, 0.1) is 6.10 Å². The van der Waals surface area contributed by atoms with Gasteiger partial charge in [-0.1, -0.05) is 59.3 Å². The van der Waals surface area contributed by atoms with Crippen LogP contribution in [0.4, 0.5) is 0 Å². The van der Waals surface area contributed by atoms with Crippen molar-refractivity contribution in [2.45, 2.75) is 65.5 Å². The summed E-state index contributed by atoms with van der Waals surface area (Å²) in [6.07, 6.45) is 2.20. The Bertz CT molecular complexity index is 536. The Labute approximate surface area is 143 Å². The van der Waals surface area contributed by atoms with Crippen molar-refractivity contribution in [2.24, 2.45) is 35.0 Å². The quantitative estimate of drug-likeness (QED) is 0.469. The fraction of sp³-hybridized carbons (Fsp3) is 0.800. The Balaban J connectivity index is 2.47. The lowest BCUT2D eigenvalue weighted by atomic mass is 9.65. The van der Waals surface area contributed by atoms with Gasteiger partial charge in [0.2, 0.25) is 0 Å². The normalized spacial score (nSPS) is 41.1. The molecule has 130 valence electrons. The maximum Gasteiger partial charge on any atom is 0.133 e. The molecule has 2 aliphatic carbocycles. The summed E-state index contributed by atoms with van der Waals surface area (Å²) in [6.45, 7) is 19.0. The van der Waals surface area contributed by atoms with E-state index in [4.69, 9.17) is 0 Å². The topological polar surface area (TPSA) is 40.5 Å². The summed E-state index contributed by atoms with van der Waals surface area (Å²) >= 11 is 0. The first-order chi connectivity index (χ1) is 10.4. The zero-order valence-electron chi connectivity index (χ0n) is 15.9. The van der Waals surface area contributed by atoms with Crippen molar-refractivity contribution in [1.29, 1.82) is 0 Å². The number of aliphatic hydroxyl groups is 2. The highest BCUT2D eigenvalue weighted by Gasteiger charge is 2.70. The van der Waals surface area contributed by atoms with E-state index < -0.39 is 19.8 Å². The predicted octanol–water partition coefficient (Wildman–Crippen LogP) is 3.71. The number of rotatable bonds is 3. The molecule has 0 spiro atoms. The molecule has 0 radical (unpaired) electrons. The summed E-state index contributed by atoms with van der Waals surface area (Å²) in [5.74, 6) is 4.05. The fourth-order valence-corrected chi connectivity index (χ4v) is 5.12. The minimum absolute atomic E-state index is 0.0393. The molecule has 23 heavy (non-hydrogen) atoms. The molecular formula is C20H34O2Si. The molecule has 0 aromatic heterocycles. The lowest BCUT2D eigenvalue weighted by Gasteiger charge is -2.44. The fourth-order valence-electron chi connectivity index (χ4n) is 4.55. The van der Waals surface area contributed by atoms with Crippen LogP contribution < -0.4 is 0 Å². The first-order valence-electron chi connectivity index (χ1n) is 8.93. The summed E-state index contributed by atoms with van der Waals surface area (Å²) in [4.78, 5) is 0. The Morgan fingerprint density at radius 3 is 2.35 bits per heavy atom. The van der Waals surface area contributed by atoms with Crippen molar-refractivity contribution >= 4 is 8.07 Å². The van der Waals surface area contributed by atoms with Gasteiger partial charge in [0.1, 0.15) is 13.7 Å². The van der Waals surface area contributed by atoms with Gasteiger partial charge in [-0.2, -0.15) is 0 Å². The predicted molar refractivity (Wildman–Crippen MR) is 99.5 cm³/mol. The summed E-state index contributed by atoms with van der Waals surface area (Å²) in [6, 6.07) is 0. The van der Waals surface area contributed by atoms with E-state index in [2.05, 4.69) is 58.5 Å². The standard InChI is InChI=1S/C20H34O2Si/c1-9-13(2)18(21)17-16-15(19(16,4)5)12-14(3)20(17,22)10-11-23(6,7)8/h9,13-18,21-22H,1,12H2,2-8H3/t13-,14-,15-,16-,17?,18-,20-/m1/s1. The lowest BCUT2D eigenvalue weighted by Crippen LogP contribution is -2.53. The van der Waals surface area contributed by atoms with Gasteiger partial charge >= 0.3 is 0 Å². The van der Waals surface area contributed by atoms with Crippen LogP contribution in [0.25, 0.3) is 0 Å². The van der Waals surface area contributed by atoms with Crippen LogP contribution in [0, 0.1) is 46.5 Å². The third-order valence-electron chi connectivity index (χ3n) is 6.31. The molecule has 0 bridgehead atoms. The molecule has 2 nitrogen and oxygen atoms in total. The van der Waals surface area contributed by atoms with Crippen molar-refractivity contribution in [2.75, 3.05) is 0 Å². The summed E-state index contributed by atoms with van der Waals surface area (Å²) < 4.78 is 0. The van der Waals surface area contributed by atoms with Gasteiger partial charge in [-0.3, -0.25) is 0 Å². The van der Waals surface area contributed by atoms with Gasteiger partial charge in [-0.15, -0.1) is 12.1 Å². The SMILES string of the molecule is C=C[C@@H](C)[C@@H](O)C1[C@H]2[C@@H](C[C@@H](C)[C@]1(O)C#C[Si](C)(C)C)C2(C)C. The van der Waals surface area contributed by atoms with Crippen LogP contribution in [-0.4, -0.2) is 30.0 Å². The third-order valence-corrected chi connectivity index (χ3v) is 7.18. The second-order valence-corrected chi connectivity index (χ2v) is 14.3. The van der Waals surface area contributed by atoms with Gasteiger partial charge < -0.3 is 10.2 Å². The minimum atomic E-state index is -1.58. The number of fused-ring (bicyclic) bond motifs is 1. The van der Waals surface area contributed by atoms with E-state index >= 15 is 0 Å². The highest BCUT2D eigenvalue weighted by molar-refractivity contribution is 6.83. The van der Waals surface area contributed by atoms with E-state index in [1.807, 2.05) is 6.92 Å². The van der Waals surface area contributed by atoms with E-state index in [1.165, 1.54) is 0 Å². The Morgan fingerprint density at radius 1 is 1.30 bits per heavy atom. The van der Waals surface area contributed by atoms with Crippen molar-refractivity contribution < 1.29 is 10.2 Å². The van der Waals surface area contributed by atoms with Gasteiger partial charge in [0.25, 0.3) is 0 Å². The molecule has 0 amide bonds. The zero-order valence-corrected chi connectivity index (χ0v) is 16.9. The van der Waals surface area contributed by atoms with E-state index in [0.29, 0.717) is 11.8 Å². The van der Waals surface area contributed by atoms with Crippen molar-refractivity contribution in [3.8, 4) is 11.5 Å². The summed E-state index contributed by atoms with van der Waals surface area (Å²) in [7, 11) is -1.58. The first-order valence-corrected chi connectivity index (χ1v) is 12.4. The van der Waals surface area contributed by atoms with Crippen LogP contribution in [-0.2, 0) is 0 Å². The van der Waals surface area contributed by atoms with Crippen molar-refractivity contribution in [1.82, 2.24) is 0 Å². The first kappa shape index (κ1) is 18.8. The third kappa shape index (κ3) is 3.18. The van der Waals surface area contributed by atoms with Crippen LogP contribution >= 0.6 is 0 Å². The van der Waals surface area contributed by atoms with Crippen molar-refractivity contribution in [3.63, 3.8) is 0 Å². The second kappa shape index (κ2) is 5.76. The molecular weight excluding hydrogens is 300 g/mol. The molecule has 3 heteroatoms. The number of hydrogen-bond acceptors (Lipinski definition) is 2. The lowest BCUT2D eigenvalue weighted by molar-refractivity contribution is -0.104. The van der Waals surface area contributed by atoms with Gasteiger partial charge in [-0.05, 0) is 29.6 Å². The molecule has 1 unspecified atom stereocenters. The molecule has 0 aliphatic heterocycles. The largest absolute Gasteiger partial charge is 0.392 e. The van der Waals surface area contributed by atoms with Gasteiger partial charge in [-0.25, -0.2) is 0 Å². The molecule has 2 N–H and O–H groups in total. The number of hydrogen-bond donors (Lipinski definition) is 2. The average Bonchev–Trinajstić information content (AvgIpc) is 2.96. The molecule has 0 heterocycles. The molecule has 2 rings (SSSR count). The zero-order chi connectivity index (χ0) is 17.8. The summed E-state index contributed by atoms with van der Waals surface area (Å²) in [5, 5.41) is 22.5. The van der Waals surface area contributed by atoms with E-state index in [-0.39, 0.29) is 23.2 Å². The number of aliphatic hydroxyl groups excluding tert-OH is 1. The van der Waals surface area contributed by atoms with E-state index in [0.717, 1.165) is 6.42 Å². The molecule has 0 saturated heterocycles. The summed E-state index contributed by atoms with van der Waals surface area (Å²) in [5.41, 5.74) is 2.47. The highest BCUT2D eigenvalue weighted by Crippen LogP contribution is 2.70.